The standard InChI is InChI=1S/C16H24N2O2/c1-19-15-7-6-12(11-16(15)20-2)17-13-8-10-18-9-4-3-5-14(13)18/h6-7,11,13-14,17H,3-5,8-10H2,1-2H3. The number of nitrogens with zero attached hydrogens (tertiary/aromatic N) is 1. The van der Waals surface area contributed by atoms with Crippen LogP contribution in [0.5, 0.6) is 11.5 Å². The normalized spacial score (nSPS) is 26.1. The van der Waals surface area contributed by atoms with E-state index in [9.17, 15) is 0 Å². The van der Waals surface area contributed by atoms with Gasteiger partial charge in [0, 0.05) is 30.4 Å². The van der Waals surface area contributed by atoms with Crippen molar-refractivity contribution in [1.82, 2.24) is 4.90 Å². The highest BCUT2D eigenvalue weighted by Gasteiger charge is 2.35. The molecule has 2 aliphatic rings. The van der Waals surface area contributed by atoms with Gasteiger partial charge in [-0.05, 0) is 37.9 Å². The third-order valence-electron chi connectivity index (χ3n) is 4.59. The highest BCUT2D eigenvalue weighted by Crippen LogP contribution is 2.33. The number of hydrogen-bond donors (Lipinski definition) is 1. The number of ether oxygens (including phenoxy) is 2. The molecular formula is C16H24N2O2. The summed E-state index contributed by atoms with van der Waals surface area (Å²) in [7, 11) is 3.35. The first-order chi connectivity index (χ1) is 9.81. The Hall–Kier alpha value is -1.42. The lowest BCUT2D eigenvalue weighted by molar-refractivity contribution is 0.193. The smallest absolute Gasteiger partial charge is 0.162 e. The van der Waals surface area contributed by atoms with Gasteiger partial charge in [-0.1, -0.05) is 6.42 Å². The summed E-state index contributed by atoms with van der Waals surface area (Å²) in [5, 5.41) is 3.69. The lowest BCUT2D eigenvalue weighted by Crippen LogP contribution is -2.41. The van der Waals surface area contributed by atoms with Crippen LogP contribution in [-0.2, 0) is 0 Å². The Morgan fingerprint density at radius 2 is 1.90 bits per heavy atom. The summed E-state index contributed by atoms with van der Waals surface area (Å²) >= 11 is 0. The molecule has 1 aromatic carbocycles. The number of hydrogen-bond acceptors (Lipinski definition) is 4. The van der Waals surface area contributed by atoms with Gasteiger partial charge in [0.2, 0.25) is 0 Å². The van der Waals surface area contributed by atoms with Gasteiger partial charge in [0.05, 0.1) is 14.2 Å². The van der Waals surface area contributed by atoms with Gasteiger partial charge in [-0.3, -0.25) is 4.90 Å². The van der Waals surface area contributed by atoms with E-state index in [4.69, 9.17) is 9.47 Å². The first-order valence-corrected chi connectivity index (χ1v) is 7.54. The topological polar surface area (TPSA) is 33.7 Å². The summed E-state index contributed by atoms with van der Waals surface area (Å²) in [5.74, 6) is 1.57. The van der Waals surface area contributed by atoms with Gasteiger partial charge < -0.3 is 14.8 Å². The van der Waals surface area contributed by atoms with Gasteiger partial charge in [0.15, 0.2) is 11.5 Å². The number of benzene rings is 1. The fourth-order valence-electron chi connectivity index (χ4n) is 3.56. The van der Waals surface area contributed by atoms with Crippen LogP contribution in [0.3, 0.4) is 0 Å². The number of methoxy groups -OCH3 is 2. The van der Waals surface area contributed by atoms with E-state index in [0.29, 0.717) is 12.1 Å². The predicted molar refractivity (Wildman–Crippen MR) is 80.8 cm³/mol. The zero-order valence-corrected chi connectivity index (χ0v) is 12.4. The SMILES string of the molecule is COc1ccc(NC2CCN3CCCCC23)cc1OC. The molecule has 2 aliphatic heterocycles. The molecule has 0 saturated carbocycles. The Bertz CT molecular complexity index is 464. The molecule has 2 heterocycles. The fourth-order valence-corrected chi connectivity index (χ4v) is 3.56. The summed E-state index contributed by atoms with van der Waals surface area (Å²) in [6.45, 7) is 2.50. The van der Waals surface area contributed by atoms with Crippen molar-refractivity contribution in [2.45, 2.75) is 37.8 Å². The maximum atomic E-state index is 5.37. The van der Waals surface area contributed by atoms with E-state index >= 15 is 0 Å². The van der Waals surface area contributed by atoms with Crippen LogP contribution in [0.25, 0.3) is 0 Å². The summed E-state index contributed by atoms with van der Waals surface area (Å²) in [5.41, 5.74) is 1.13. The van der Waals surface area contributed by atoms with Crippen molar-refractivity contribution in [1.29, 1.82) is 0 Å². The molecule has 4 nitrogen and oxygen atoms in total. The molecule has 1 aromatic rings. The Labute approximate surface area is 121 Å². The molecule has 2 fully saturated rings. The van der Waals surface area contributed by atoms with Crippen molar-refractivity contribution >= 4 is 5.69 Å². The Balaban J connectivity index is 1.71. The van der Waals surface area contributed by atoms with Gasteiger partial charge in [-0.2, -0.15) is 0 Å². The van der Waals surface area contributed by atoms with Gasteiger partial charge in [-0.25, -0.2) is 0 Å². The van der Waals surface area contributed by atoms with Crippen molar-refractivity contribution in [2.24, 2.45) is 0 Å². The minimum atomic E-state index is 0.563. The minimum absolute atomic E-state index is 0.563. The molecular weight excluding hydrogens is 252 g/mol. The van der Waals surface area contributed by atoms with E-state index in [0.717, 1.165) is 17.2 Å². The van der Waals surface area contributed by atoms with Crippen LogP contribution in [0, 0.1) is 0 Å². The Morgan fingerprint density at radius 3 is 2.70 bits per heavy atom. The molecule has 0 amide bonds. The highest BCUT2D eigenvalue weighted by atomic mass is 16.5. The van der Waals surface area contributed by atoms with Crippen LogP contribution in [0.4, 0.5) is 5.69 Å². The van der Waals surface area contributed by atoms with Crippen LogP contribution in [-0.4, -0.2) is 44.3 Å². The van der Waals surface area contributed by atoms with Crippen molar-refractivity contribution in [3.05, 3.63) is 18.2 Å². The van der Waals surface area contributed by atoms with Crippen LogP contribution in [0.2, 0.25) is 0 Å². The molecule has 0 radical (unpaired) electrons. The Morgan fingerprint density at radius 1 is 1.05 bits per heavy atom. The van der Waals surface area contributed by atoms with E-state index in [2.05, 4.69) is 16.3 Å². The van der Waals surface area contributed by atoms with E-state index in [1.165, 1.54) is 38.8 Å². The van der Waals surface area contributed by atoms with Gasteiger partial charge in [-0.15, -0.1) is 0 Å². The lowest BCUT2D eigenvalue weighted by atomic mass is 9.99. The largest absolute Gasteiger partial charge is 0.493 e. The third-order valence-corrected chi connectivity index (χ3v) is 4.59. The molecule has 0 aromatic heterocycles. The van der Waals surface area contributed by atoms with Crippen molar-refractivity contribution in [3.63, 3.8) is 0 Å². The predicted octanol–water partition coefficient (Wildman–Crippen LogP) is 2.74. The summed E-state index contributed by atoms with van der Waals surface area (Å²) < 4.78 is 10.7. The summed E-state index contributed by atoms with van der Waals surface area (Å²) in [6.07, 6.45) is 5.29. The third kappa shape index (κ3) is 2.57. The molecule has 0 bridgehead atoms. The quantitative estimate of drug-likeness (QED) is 0.917. The number of rotatable bonds is 4. The lowest BCUT2D eigenvalue weighted by Gasteiger charge is -2.33. The summed E-state index contributed by atoms with van der Waals surface area (Å²) in [6, 6.07) is 7.34. The number of piperidine rings is 1. The molecule has 3 rings (SSSR count). The van der Waals surface area contributed by atoms with Gasteiger partial charge >= 0.3 is 0 Å². The van der Waals surface area contributed by atoms with Crippen LogP contribution >= 0.6 is 0 Å². The number of fused-ring (bicyclic) bond motifs is 1. The average Bonchev–Trinajstić information content (AvgIpc) is 2.90. The second kappa shape index (κ2) is 5.92. The second-order valence-electron chi connectivity index (χ2n) is 5.71. The Kier molecular flexibility index (Phi) is 4.01. The maximum absolute atomic E-state index is 5.37. The first kappa shape index (κ1) is 13.6. The molecule has 2 unspecified atom stereocenters. The molecule has 2 saturated heterocycles. The zero-order chi connectivity index (χ0) is 13.9. The molecule has 20 heavy (non-hydrogen) atoms. The van der Waals surface area contributed by atoms with E-state index in [1.807, 2.05) is 12.1 Å². The van der Waals surface area contributed by atoms with E-state index in [-0.39, 0.29) is 0 Å². The average molecular weight is 276 g/mol. The number of anilines is 1. The van der Waals surface area contributed by atoms with Gasteiger partial charge in [0.25, 0.3) is 0 Å². The van der Waals surface area contributed by atoms with Crippen LogP contribution in [0.15, 0.2) is 18.2 Å². The second-order valence-corrected chi connectivity index (χ2v) is 5.71. The van der Waals surface area contributed by atoms with Crippen LogP contribution in [0.1, 0.15) is 25.7 Å². The van der Waals surface area contributed by atoms with Gasteiger partial charge in [0.1, 0.15) is 0 Å². The molecule has 110 valence electrons. The van der Waals surface area contributed by atoms with Crippen LogP contribution < -0.4 is 14.8 Å². The fraction of sp³-hybridized carbons (Fsp3) is 0.625. The molecule has 2 atom stereocenters. The van der Waals surface area contributed by atoms with Crippen molar-refractivity contribution in [3.8, 4) is 11.5 Å². The van der Waals surface area contributed by atoms with E-state index < -0.39 is 0 Å². The molecule has 4 heteroatoms. The van der Waals surface area contributed by atoms with E-state index in [1.54, 1.807) is 14.2 Å². The highest BCUT2D eigenvalue weighted by molar-refractivity contribution is 5.55. The number of nitrogens with one attached hydrogen (secondary N) is 1. The molecule has 0 aliphatic carbocycles. The molecule has 1 N–H and O–H groups in total. The maximum Gasteiger partial charge on any atom is 0.162 e. The minimum Gasteiger partial charge on any atom is -0.493 e. The zero-order valence-electron chi connectivity index (χ0n) is 12.4. The molecule has 0 spiro atoms. The van der Waals surface area contributed by atoms with Crippen molar-refractivity contribution < 1.29 is 9.47 Å². The monoisotopic (exact) mass is 276 g/mol. The van der Waals surface area contributed by atoms with Crippen molar-refractivity contribution in [2.75, 3.05) is 32.6 Å². The summed E-state index contributed by atoms with van der Waals surface area (Å²) in [4.78, 5) is 2.64. The first-order valence-electron chi connectivity index (χ1n) is 7.54.